The summed E-state index contributed by atoms with van der Waals surface area (Å²) in [5, 5.41) is 18.4. The number of benzene rings is 1. The SMILES string of the molecule is C[C@@H]1C[C@@H](NC(=O)OC(C)(C)C)CN(c2ccncc2NC(=O)c2nc3cc(N4CCOCC4)ccc3cc2NC(=O)O)C1. The van der Waals surface area contributed by atoms with E-state index in [4.69, 9.17) is 9.47 Å². The van der Waals surface area contributed by atoms with Crippen molar-refractivity contribution in [3.05, 3.63) is 48.4 Å². The van der Waals surface area contributed by atoms with Gasteiger partial charge in [-0.1, -0.05) is 13.0 Å². The van der Waals surface area contributed by atoms with Gasteiger partial charge in [-0.05, 0) is 57.4 Å². The van der Waals surface area contributed by atoms with Gasteiger partial charge in [0.2, 0.25) is 0 Å². The van der Waals surface area contributed by atoms with Gasteiger partial charge in [0.25, 0.3) is 5.91 Å². The minimum absolute atomic E-state index is 0.0645. The minimum atomic E-state index is -1.31. The molecule has 0 aliphatic carbocycles. The van der Waals surface area contributed by atoms with Crippen molar-refractivity contribution >= 4 is 51.7 Å². The fourth-order valence-electron chi connectivity index (χ4n) is 5.63. The van der Waals surface area contributed by atoms with Crippen molar-refractivity contribution < 1.29 is 29.0 Å². The highest BCUT2D eigenvalue weighted by atomic mass is 16.6. The van der Waals surface area contributed by atoms with E-state index >= 15 is 0 Å². The molecule has 2 atom stereocenters. The summed E-state index contributed by atoms with van der Waals surface area (Å²) in [5.74, 6) is -0.343. The average Bonchev–Trinajstić information content (AvgIpc) is 2.95. The maximum atomic E-state index is 13.7. The van der Waals surface area contributed by atoms with Crippen LogP contribution in [0.2, 0.25) is 0 Å². The van der Waals surface area contributed by atoms with Gasteiger partial charge in [0.05, 0.1) is 42.0 Å². The van der Waals surface area contributed by atoms with Crippen molar-refractivity contribution in [3.63, 3.8) is 0 Å². The molecule has 0 saturated carbocycles. The zero-order chi connectivity index (χ0) is 31.4. The molecule has 3 aromatic rings. The fourth-order valence-corrected chi connectivity index (χ4v) is 5.63. The number of fused-ring (bicyclic) bond motifs is 1. The van der Waals surface area contributed by atoms with E-state index in [0.717, 1.165) is 30.9 Å². The van der Waals surface area contributed by atoms with Gasteiger partial charge in [-0.3, -0.25) is 15.1 Å². The lowest BCUT2D eigenvalue weighted by Crippen LogP contribution is -2.51. The van der Waals surface area contributed by atoms with Crippen LogP contribution < -0.4 is 25.8 Å². The van der Waals surface area contributed by atoms with Gasteiger partial charge in [0.15, 0.2) is 5.69 Å². The normalized spacial score (nSPS) is 18.9. The molecule has 4 N–H and O–H groups in total. The van der Waals surface area contributed by atoms with Crippen molar-refractivity contribution in [1.29, 1.82) is 0 Å². The Hall–Kier alpha value is -4.65. The highest BCUT2D eigenvalue weighted by Gasteiger charge is 2.29. The second kappa shape index (κ2) is 12.9. The number of carbonyl (C=O) groups excluding carboxylic acids is 2. The zero-order valence-corrected chi connectivity index (χ0v) is 25.4. The predicted molar refractivity (Wildman–Crippen MR) is 168 cm³/mol. The number of hydrogen-bond donors (Lipinski definition) is 4. The number of nitrogens with zero attached hydrogens (tertiary/aromatic N) is 4. The van der Waals surface area contributed by atoms with Gasteiger partial charge in [0, 0.05) is 49.5 Å². The molecule has 0 spiro atoms. The molecule has 2 aliphatic rings. The van der Waals surface area contributed by atoms with E-state index in [2.05, 4.69) is 42.6 Å². The van der Waals surface area contributed by atoms with Crippen LogP contribution in [0.1, 0.15) is 44.6 Å². The molecule has 4 heterocycles. The number of carboxylic acid groups (broad SMARTS) is 1. The van der Waals surface area contributed by atoms with E-state index < -0.39 is 23.7 Å². The fraction of sp³-hybridized carbons (Fsp3) is 0.452. The molecule has 3 amide bonds. The van der Waals surface area contributed by atoms with Crippen LogP contribution in [0.5, 0.6) is 0 Å². The van der Waals surface area contributed by atoms with E-state index in [1.165, 1.54) is 0 Å². The van der Waals surface area contributed by atoms with E-state index in [1.807, 2.05) is 39.0 Å². The van der Waals surface area contributed by atoms with Crippen molar-refractivity contribution in [2.24, 2.45) is 5.92 Å². The molecule has 0 unspecified atom stereocenters. The lowest BCUT2D eigenvalue weighted by Gasteiger charge is -2.39. The largest absolute Gasteiger partial charge is 0.465 e. The van der Waals surface area contributed by atoms with E-state index in [1.54, 1.807) is 24.5 Å². The Morgan fingerprint density at radius 3 is 2.52 bits per heavy atom. The number of hydrogen-bond acceptors (Lipinski definition) is 9. The van der Waals surface area contributed by atoms with Gasteiger partial charge < -0.3 is 35.0 Å². The molecule has 2 aromatic heterocycles. The second-order valence-corrected chi connectivity index (χ2v) is 12.2. The number of amides is 3. The monoisotopic (exact) mass is 605 g/mol. The summed E-state index contributed by atoms with van der Waals surface area (Å²) < 4.78 is 10.9. The molecule has 1 aromatic carbocycles. The number of anilines is 4. The molecule has 234 valence electrons. The van der Waals surface area contributed by atoms with Crippen LogP contribution in [0.15, 0.2) is 42.7 Å². The van der Waals surface area contributed by atoms with Crippen molar-refractivity contribution in [1.82, 2.24) is 15.3 Å². The van der Waals surface area contributed by atoms with Gasteiger partial charge >= 0.3 is 12.2 Å². The van der Waals surface area contributed by atoms with Gasteiger partial charge in [-0.15, -0.1) is 0 Å². The summed E-state index contributed by atoms with van der Waals surface area (Å²) >= 11 is 0. The Kier molecular flexibility index (Phi) is 9.04. The molecule has 13 heteroatoms. The highest BCUT2D eigenvalue weighted by molar-refractivity contribution is 6.11. The molecule has 5 rings (SSSR count). The molecule has 13 nitrogen and oxygen atoms in total. The Bertz CT molecular complexity index is 1540. The predicted octanol–water partition coefficient (Wildman–Crippen LogP) is 4.55. The van der Waals surface area contributed by atoms with Gasteiger partial charge in [-0.2, -0.15) is 0 Å². The smallest absolute Gasteiger partial charge is 0.409 e. The summed E-state index contributed by atoms with van der Waals surface area (Å²) in [5.41, 5.74) is 2.06. The maximum absolute atomic E-state index is 13.7. The number of rotatable bonds is 6. The minimum Gasteiger partial charge on any atom is -0.465 e. The topological polar surface area (TPSA) is 158 Å². The van der Waals surface area contributed by atoms with Crippen LogP contribution in [0.4, 0.5) is 32.3 Å². The number of carbonyl (C=O) groups is 3. The summed E-state index contributed by atoms with van der Waals surface area (Å²) in [7, 11) is 0. The summed E-state index contributed by atoms with van der Waals surface area (Å²) in [6.45, 7) is 11.5. The lowest BCUT2D eigenvalue weighted by atomic mass is 9.95. The van der Waals surface area contributed by atoms with E-state index in [-0.39, 0.29) is 23.3 Å². The third-order valence-electron chi connectivity index (χ3n) is 7.40. The Balaban J connectivity index is 1.40. The number of pyridine rings is 2. The standard InChI is InChI=1S/C31H39N7O6/c1-19-13-21(33-30(42)44-31(2,3)4)18-38(17-19)26-7-8-32-16-25(26)35-28(39)27-24(36-29(40)41)14-20-5-6-22(15-23(20)34-27)37-9-11-43-12-10-37/h5-8,14-16,19,21,36H,9-13,17-18H2,1-4H3,(H,33,42)(H,35,39)(H,40,41)/t19-,21-/m1/s1. The average molecular weight is 606 g/mol. The zero-order valence-electron chi connectivity index (χ0n) is 25.4. The van der Waals surface area contributed by atoms with Gasteiger partial charge in [0.1, 0.15) is 5.60 Å². The quantitative estimate of drug-likeness (QED) is 0.314. The summed E-state index contributed by atoms with van der Waals surface area (Å²) in [6.07, 6.45) is 2.18. The molecular weight excluding hydrogens is 566 g/mol. The van der Waals surface area contributed by atoms with Crippen LogP contribution in [0.25, 0.3) is 10.9 Å². The second-order valence-electron chi connectivity index (χ2n) is 12.2. The van der Waals surface area contributed by atoms with Crippen LogP contribution in [-0.4, -0.2) is 84.2 Å². The van der Waals surface area contributed by atoms with E-state index in [9.17, 15) is 19.5 Å². The third-order valence-corrected chi connectivity index (χ3v) is 7.40. The van der Waals surface area contributed by atoms with Gasteiger partial charge in [-0.25, -0.2) is 14.6 Å². The van der Waals surface area contributed by atoms with Crippen molar-refractivity contribution in [2.75, 3.05) is 59.8 Å². The molecule has 0 radical (unpaired) electrons. The molecule has 0 bridgehead atoms. The maximum Gasteiger partial charge on any atom is 0.409 e. The van der Waals surface area contributed by atoms with Crippen LogP contribution >= 0.6 is 0 Å². The number of nitrogens with one attached hydrogen (secondary N) is 3. The van der Waals surface area contributed by atoms with Crippen LogP contribution in [0, 0.1) is 5.92 Å². The number of morpholine rings is 1. The Labute approximate surface area is 255 Å². The number of aromatic nitrogens is 2. The number of alkyl carbamates (subject to hydrolysis) is 1. The van der Waals surface area contributed by atoms with Crippen molar-refractivity contribution in [2.45, 2.75) is 45.8 Å². The molecule has 2 saturated heterocycles. The molecule has 2 aliphatic heterocycles. The first-order chi connectivity index (χ1) is 20.9. The highest BCUT2D eigenvalue weighted by Crippen LogP contribution is 2.31. The molecule has 44 heavy (non-hydrogen) atoms. The Morgan fingerprint density at radius 1 is 1.02 bits per heavy atom. The van der Waals surface area contributed by atoms with Crippen LogP contribution in [-0.2, 0) is 9.47 Å². The summed E-state index contributed by atoms with van der Waals surface area (Å²) in [4.78, 5) is 50.9. The first kappa shape index (κ1) is 30.8. The number of ether oxygens (including phenoxy) is 2. The molecular formula is C31H39N7O6. The van der Waals surface area contributed by atoms with E-state index in [0.29, 0.717) is 42.9 Å². The first-order valence-electron chi connectivity index (χ1n) is 14.7. The third kappa shape index (κ3) is 7.64. The first-order valence-corrected chi connectivity index (χ1v) is 14.7. The lowest BCUT2D eigenvalue weighted by molar-refractivity contribution is 0.0495. The summed E-state index contributed by atoms with van der Waals surface area (Å²) in [6, 6.07) is 8.95. The van der Waals surface area contributed by atoms with Crippen LogP contribution in [0.3, 0.4) is 0 Å². The molecule has 2 fully saturated rings. The Morgan fingerprint density at radius 2 is 1.80 bits per heavy atom. The number of piperidine rings is 1. The van der Waals surface area contributed by atoms with Crippen molar-refractivity contribution in [3.8, 4) is 0 Å².